The zero-order valence-corrected chi connectivity index (χ0v) is 37.5. The lowest BCUT2D eigenvalue weighted by Crippen LogP contribution is -2.18. The summed E-state index contributed by atoms with van der Waals surface area (Å²) < 4.78 is 4.70. The molecule has 0 bridgehead atoms. The summed E-state index contributed by atoms with van der Waals surface area (Å²) >= 11 is 0. The second-order valence-electron chi connectivity index (χ2n) is 18.6. The van der Waals surface area contributed by atoms with Crippen LogP contribution in [0.5, 0.6) is 0 Å². The minimum atomic E-state index is -0.00785. The lowest BCUT2D eigenvalue weighted by atomic mass is 9.86. The molecule has 2 heterocycles. The number of aryl methyl sites for hydroxylation is 2. The molecule has 7 aromatic rings. The fourth-order valence-electron chi connectivity index (χ4n) is 9.04. The molecule has 2 aromatic heterocycles. The summed E-state index contributed by atoms with van der Waals surface area (Å²) in [5.41, 5.74) is 15.5. The third-order valence-electron chi connectivity index (χ3n) is 12.6. The van der Waals surface area contributed by atoms with Crippen LogP contribution in [-0.2, 0) is 12.8 Å². The molecule has 58 heavy (non-hydrogen) atoms. The topological polar surface area (TPSA) is 44.0 Å². The van der Waals surface area contributed by atoms with Crippen molar-refractivity contribution in [1.29, 1.82) is 0 Å². The Morgan fingerprint density at radius 2 is 0.672 bits per heavy atom. The maximum atomic E-state index is 15.2. The number of benzene rings is 5. The van der Waals surface area contributed by atoms with Gasteiger partial charge in [0.25, 0.3) is 0 Å². The molecule has 0 aliphatic heterocycles. The van der Waals surface area contributed by atoms with Gasteiger partial charge in [0.2, 0.25) is 0 Å². The quantitative estimate of drug-likeness (QED) is 0.130. The minimum absolute atomic E-state index is 0.00785. The SMILES string of the molecule is CCc1ccc2c(=O)c3cc4c(cc3n(-c3c(C(C)C)cc(C(C)C)cc3C(C)C)c2c1)c(=O)c1ccc(CC)cc1n4-c1c(C(C)C)cc(C(C)C)cc1C(C)C. The van der Waals surface area contributed by atoms with Gasteiger partial charge in [-0.15, -0.1) is 0 Å². The van der Waals surface area contributed by atoms with Crippen LogP contribution in [0.1, 0.15) is 177 Å². The molecule has 0 saturated carbocycles. The van der Waals surface area contributed by atoms with Crippen LogP contribution < -0.4 is 10.9 Å². The zero-order chi connectivity index (χ0) is 42.1. The molecular formula is C54H64N2O2. The smallest absolute Gasteiger partial charge is 0.197 e. The molecule has 0 spiro atoms. The average Bonchev–Trinajstić information content (AvgIpc) is 3.19. The fourth-order valence-corrected chi connectivity index (χ4v) is 9.04. The van der Waals surface area contributed by atoms with E-state index in [2.05, 4.69) is 167 Å². The van der Waals surface area contributed by atoms with Crippen molar-refractivity contribution in [1.82, 2.24) is 9.13 Å². The number of nitrogens with zero attached hydrogens (tertiary/aromatic N) is 2. The highest BCUT2D eigenvalue weighted by Gasteiger charge is 2.26. The summed E-state index contributed by atoms with van der Waals surface area (Å²) in [5, 5.41) is 2.63. The van der Waals surface area contributed by atoms with Crippen LogP contribution in [0.4, 0.5) is 0 Å². The predicted octanol–water partition coefficient (Wildman–Crippen LogP) is 14.5. The molecule has 5 aromatic carbocycles. The molecule has 0 fully saturated rings. The first-order valence-electron chi connectivity index (χ1n) is 22.0. The molecule has 0 radical (unpaired) electrons. The highest BCUT2D eigenvalue weighted by molar-refractivity contribution is 6.06. The molecule has 0 saturated heterocycles. The third kappa shape index (κ3) is 6.81. The second kappa shape index (κ2) is 15.7. The van der Waals surface area contributed by atoms with Crippen LogP contribution in [0.15, 0.2) is 82.4 Å². The van der Waals surface area contributed by atoms with Crippen LogP contribution >= 0.6 is 0 Å². The number of pyridine rings is 2. The molecule has 302 valence electrons. The predicted molar refractivity (Wildman–Crippen MR) is 251 cm³/mol. The summed E-state index contributed by atoms with van der Waals surface area (Å²) in [5.74, 6) is 1.61. The van der Waals surface area contributed by atoms with Gasteiger partial charge in [-0.3, -0.25) is 9.59 Å². The second-order valence-corrected chi connectivity index (χ2v) is 18.6. The molecule has 0 N–H and O–H groups in total. The van der Waals surface area contributed by atoms with Gasteiger partial charge in [-0.1, -0.05) is 133 Å². The van der Waals surface area contributed by atoms with Crippen molar-refractivity contribution in [2.75, 3.05) is 0 Å². The van der Waals surface area contributed by atoms with Crippen molar-refractivity contribution in [3.05, 3.63) is 138 Å². The van der Waals surface area contributed by atoms with Gasteiger partial charge in [-0.05, 0) is 129 Å². The van der Waals surface area contributed by atoms with Gasteiger partial charge in [0.05, 0.1) is 33.4 Å². The Morgan fingerprint density at radius 1 is 0.379 bits per heavy atom. The van der Waals surface area contributed by atoms with E-state index in [1.165, 1.54) is 44.5 Å². The maximum absolute atomic E-state index is 15.2. The Balaban J connectivity index is 1.80. The van der Waals surface area contributed by atoms with Crippen molar-refractivity contribution in [2.45, 2.75) is 145 Å². The molecule has 0 amide bonds. The van der Waals surface area contributed by atoms with E-state index in [1.807, 2.05) is 12.1 Å². The highest BCUT2D eigenvalue weighted by atomic mass is 16.1. The van der Waals surface area contributed by atoms with Gasteiger partial charge in [0.15, 0.2) is 10.9 Å². The van der Waals surface area contributed by atoms with Crippen molar-refractivity contribution >= 4 is 43.6 Å². The van der Waals surface area contributed by atoms with E-state index in [1.54, 1.807) is 0 Å². The zero-order valence-electron chi connectivity index (χ0n) is 37.5. The van der Waals surface area contributed by atoms with Crippen LogP contribution in [0, 0.1) is 0 Å². The Kier molecular flexibility index (Phi) is 11.1. The Labute approximate surface area is 345 Å². The highest BCUT2D eigenvalue weighted by Crippen LogP contribution is 2.41. The first-order chi connectivity index (χ1) is 27.5. The fraction of sp³-hybridized carbons (Fsp3) is 0.407. The maximum Gasteiger partial charge on any atom is 0.197 e. The van der Waals surface area contributed by atoms with Gasteiger partial charge >= 0.3 is 0 Å². The number of hydrogen-bond acceptors (Lipinski definition) is 2. The Hall–Kier alpha value is -4.96. The van der Waals surface area contributed by atoms with Gasteiger partial charge in [0, 0.05) is 21.5 Å². The van der Waals surface area contributed by atoms with Crippen LogP contribution in [0.2, 0.25) is 0 Å². The van der Waals surface area contributed by atoms with Crippen LogP contribution in [0.25, 0.3) is 55.0 Å². The number of aromatic nitrogens is 2. The first kappa shape index (κ1) is 41.2. The molecule has 7 rings (SSSR count). The summed E-state index contributed by atoms with van der Waals surface area (Å²) in [6.07, 6.45) is 1.70. The first-order valence-corrected chi connectivity index (χ1v) is 22.0. The number of rotatable bonds is 10. The van der Waals surface area contributed by atoms with E-state index in [4.69, 9.17) is 0 Å². The number of fused-ring (bicyclic) bond motifs is 4. The number of hydrogen-bond donors (Lipinski definition) is 0. The standard InChI is InChI=1S/C54H64N2O2/c1-15-35-17-19-39-47(21-35)55(51-41(31(7)8)23-37(29(3)4)24-42(51)32(9)10)49-27-46-50(28-45(49)53(39)57)56(48-22-36(16-2)18-20-40(48)54(46)58)52-43(33(11)12)25-38(30(5)6)26-44(52)34(13)14/h17-34H,15-16H2,1-14H3. The molecule has 4 heteroatoms. The average molecular weight is 773 g/mol. The molecule has 0 aliphatic rings. The Bertz CT molecular complexity index is 2600. The van der Waals surface area contributed by atoms with Crippen molar-refractivity contribution < 1.29 is 0 Å². The van der Waals surface area contributed by atoms with Gasteiger partial charge in [-0.25, -0.2) is 0 Å². The van der Waals surface area contributed by atoms with Crippen LogP contribution in [-0.4, -0.2) is 9.13 Å². The minimum Gasteiger partial charge on any atom is -0.308 e. The Morgan fingerprint density at radius 3 is 0.931 bits per heavy atom. The van der Waals surface area contributed by atoms with E-state index in [0.29, 0.717) is 33.4 Å². The van der Waals surface area contributed by atoms with E-state index < -0.39 is 0 Å². The lowest BCUT2D eigenvalue weighted by molar-refractivity contribution is 0.789. The molecule has 4 nitrogen and oxygen atoms in total. The van der Waals surface area contributed by atoms with Gasteiger partial charge < -0.3 is 9.13 Å². The summed E-state index contributed by atoms with van der Waals surface area (Å²) in [6, 6.07) is 26.3. The normalized spacial score (nSPS) is 12.5. The van der Waals surface area contributed by atoms with E-state index in [9.17, 15) is 0 Å². The monoisotopic (exact) mass is 772 g/mol. The molecule has 0 unspecified atom stereocenters. The molecule has 0 atom stereocenters. The van der Waals surface area contributed by atoms with Crippen molar-refractivity contribution in [3.63, 3.8) is 0 Å². The van der Waals surface area contributed by atoms with Gasteiger partial charge in [-0.2, -0.15) is 0 Å². The molecule has 0 aliphatic carbocycles. The lowest BCUT2D eigenvalue weighted by Gasteiger charge is -2.28. The third-order valence-corrected chi connectivity index (χ3v) is 12.6. The van der Waals surface area contributed by atoms with Crippen molar-refractivity contribution in [3.8, 4) is 11.4 Å². The summed E-state index contributed by atoms with van der Waals surface area (Å²) in [6.45, 7) is 31.5. The van der Waals surface area contributed by atoms with Gasteiger partial charge in [0.1, 0.15) is 0 Å². The van der Waals surface area contributed by atoms with E-state index >= 15 is 9.59 Å². The summed E-state index contributed by atoms with van der Waals surface area (Å²) in [7, 11) is 0. The van der Waals surface area contributed by atoms with Crippen LogP contribution in [0.3, 0.4) is 0 Å². The van der Waals surface area contributed by atoms with Crippen molar-refractivity contribution in [2.24, 2.45) is 0 Å². The summed E-state index contributed by atoms with van der Waals surface area (Å²) in [4.78, 5) is 30.3. The van der Waals surface area contributed by atoms with E-state index in [-0.39, 0.29) is 34.5 Å². The molecular weight excluding hydrogens is 709 g/mol. The largest absolute Gasteiger partial charge is 0.308 e. The van der Waals surface area contributed by atoms with E-state index in [0.717, 1.165) is 46.3 Å².